The highest BCUT2D eigenvalue weighted by Crippen LogP contribution is 2.22. The number of pyridine rings is 1. The van der Waals surface area contributed by atoms with Crippen molar-refractivity contribution in [3.63, 3.8) is 0 Å². The smallest absolute Gasteiger partial charge is 0.427 e. The first kappa shape index (κ1) is 14.5. The molecule has 1 aromatic rings. The maximum absolute atomic E-state index is 8.84. The lowest BCUT2D eigenvalue weighted by atomic mass is 9.82. The van der Waals surface area contributed by atoms with Gasteiger partial charge in [0.15, 0.2) is 0 Å². The van der Waals surface area contributed by atoms with E-state index in [2.05, 4.69) is 9.88 Å². The van der Waals surface area contributed by atoms with Crippen molar-refractivity contribution in [3.8, 4) is 0 Å². The molecule has 1 aromatic heterocycles. The van der Waals surface area contributed by atoms with E-state index in [9.17, 15) is 0 Å². The Morgan fingerprint density at radius 2 is 2.21 bits per heavy atom. The van der Waals surface area contributed by atoms with E-state index in [-0.39, 0.29) is 6.04 Å². The highest BCUT2D eigenvalue weighted by molar-refractivity contribution is 6.40. The predicted molar refractivity (Wildman–Crippen MR) is 75.2 cm³/mol. The van der Waals surface area contributed by atoms with Crippen LogP contribution in [0.2, 0.25) is 6.32 Å². The van der Waals surface area contributed by atoms with E-state index in [0.29, 0.717) is 12.2 Å². The first-order valence-corrected chi connectivity index (χ1v) is 6.89. The van der Waals surface area contributed by atoms with E-state index in [0.717, 1.165) is 38.2 Å². The van der Waals surface area contributed by atoms with Crippen LogP contribution in [0.3, 0.4) is 0 Å². The van der Waals surface area contributed by atoms with Crippen molar-refractivity contribution in [1.82, 2.24) is 9.88 Å². The number of hydrogen-bond donors (Lipinski definition) is 3. The van der Waals surface area contributed by atoms with Gasteiger partial charge in [-0.3, -0.25) is 9.88 Å². The van der Waals surface area contributed by atoms with Gasteiger partial charge in [0.1, 0.15) is 0 Å². The van der Waals surface area contributed by atoms with Gasteiger partial charge in [-0.1, -0.05) is 12.5 Å². The molecular weight excluding hydrogens is 241 g/mol. The summed E-state index contributed by atoms with van der Waals surface area (Å²) in [5.41, 5.74) is 7.22. The third-order valence-electron chi connectivity index (χ3n) is 3.72. The van der Waals surface area contributed by atoms with Crippen molar-refractivity contribution in [1.29, 1.82) is 0 Å². The molecule has 2 heterocycles. The lowest BCUT2D eigenvalue weighted by molar-refractivity contribution is 0.308. The zero-order chi connectivity index (χ0) is 13.7. The van der Waals surface area contributed by atoms with Crippen LogP contribution < -0.4 is 5.73 Å². The Balaban J connectivity index is 1.77. The molecule has 5 nitrogen and oxygen atoms in total. The van der Waals surface area contributed by atoms with Crippen molar-refractivity contribution in [3.05, 3.63) is 30.1 Å². The van der Waals surface area contributed by atoms with E-state index < -0.39 is 7.12 Å². The van der Waals surface area contributed by atoms with Gasteiger partial charge in [-0.15, -0.1) is 0 Å². The lowest BCUT2D eigenvalue weighted by Crippen LogP contribution is -2.29. The number of aromatic nitrogens is 1. The molecule has 1 aliphatic heterocycles. The molecule has 0 radical (unpaired) electrons. The fraction of sp³-hybridized carbons (Fsp3) is 0.615. The zero-order valence-electron chi connectivity index (χ0n) is 11.2. The number of hydrogen-bond acceptors (Lipinski definition) is 5. The Labute approximate surface area is 114 Å². The molecule has 0 bridgehead atoms. The van der Waals surface area contributed by atoms with Gasteiger partial charge in [0.25, 0.3) is 0 Å². The molecule has 6 heteroatoms. The molecule has 4 N–H and O–H groups in total. The monoisotopic (exact) mass is 263 g/mol. The summed E-state index contributed by atoms with van der Waals surface area (Å²) in [4.78, 5) is 6.66. The van der Waals surface area contributed by atoms with Crippen LogP contribution >= 0.6 is 0 Å². The van der Waals surface area contributed by atoms with Gasteiger partial charge in [-0.25, -0.2) is 0 Å². The SMILES string of the molecule is N[C@H]1CN(Cc2ccccn2)C[C@@H]1CCCB(O)O. The van der Waals surface area contributed by atoms with Crippen molar-refractivity contribution >= 4 is 7.12 Å². The summed E-state index contributed by atoms with van der Waals surface area (Å²) in [5, 5.41) is 17.7. The second-order valence-corrected chi connectivity index (χ2v) is 5.35. The maximum atomic E-state index is 8.84. The highest BCUT2D eigenvalue weighted by atomic mass is 16.4. The molecule has 1 saturated heterocycles. The molecule has 0 unspecified atom stereocenters. The Hall–Kier alpha value is -0.945. The molecule has 1 aliphatic rings. The summed E-state index contributed by atoms with van der Waals surface area (Å²) in [6, 6.07) is 6.13. The van der Waals surface area contributed by atoms with Crippen molar-refractivity contribution < 1.29 is 10.0 Å². The molecule has 0 saturated carbocycles. The van der Waals surface area contributed by atoms with E-state index in [1.807, 2.05) is 24.4 Å². The summed E-state index contributed by atoms with van der Waals surface area (Å²) in [7, 11) is -1.19. The van der Waals surface area contributed by atoms with Crippen LogP contribution in [-0.2, 0) is 6.54 Å². The van der Waals surface area contributed by atoms with Crippen LogP contribution in [0.25, 0.3) is 0 Å². The van der Waals surface area contributed by atoms with Gasteiger partial charge in [-0.2, -0.15) is 0 Å². The fourth-order valence-corrected chi connectivity index (χ4v) is 2.71. The van der Waals surface area contributed by atoms with Gasteiger partial charge >= 0.3 is 7.12 Å². The number of likely N-dealkylation sites (tertiary alicyclic amines) is 1. The minimum atomic E-state index is -1.19. The topological polar surface area (TPSA) is 82.6 Å². The molecule has 104 valence electrons. The standard InChI is InChI=1S/C13H22BN3O2/c15-13-10-17(9-12-5-1-2-7-16-12)8-11(13)4-3-6-14(18)19/h1-2,5,7,11,13,18-19H,3-4,6,8-10,15H2/t11-,13-/m0/s1. The Morgan fingerprint density at radius 3 is 2.89 bits per heavy atom. The van der Waals surface area contributed by atoms with Crippen LogP contribution in [0.4, 0.5) is 0 Å². The summed E-state index contributed by atoms with van der Waals surface area (Å²) in [5.74, 6) is 0.447. The first-order valence-electron chi connectivity index (χ1n) is 6.89. The molecule has 2 atom stereocenters. The Kier molecular flexibility index (Phi) is 5.33. The molecule has 19 heavy (non-hydrogen) atoms. The molecule has 2 rings (SSSR count). The zero-order valence-corrected chi connectivity index (χ0v) is 11.2. The Morgan fingerprint density at radius 1 is 1.37 bits per heavy atom. The normalized spacial score (nSPS) is 23.7. The van der Waals surface area contributed by atoms with Crippen LogP contribution in [0.5, 0.6) is 0 Å². The van der Waals surface area contributed by atoms with Crippen LogP contribution in [0, 0.1) is 5.92 Å². The minimum absolute atomic E-state index is 0.180. The molecular formula is C13H22BN3O2. The molecule has 0 aliphatic carbocycles. The maximum Gasteiger partial charge on any atom is 0.451 e. The van der Waals surface area contributed by atoms with Crippen LogP contribution in [0.1, 0.15) is 18.5 Å². The van der Waals surface area contributed by atoms with E-state index in [1.165, 1.54) is 0 Å². The van der Waals surface area contributed by atoms with E-state index >= 15 is 0 Å². The minimum Gasteiger partial charge on any atom is -0.427 e. The van der Waals surface area contributed by atoms with Gasteiger partial charge in [0.05, 0.1) is 5.69 Å². The Bertz CT molecular complexity index is 377. The van der Waals surface area contributed by atoms with Gasteiger partial charge in [0.2, 0.25) is 0 Å². The summed E-state index contributed by atoms with van der Waals surface area (Å²) in [6.45, 7) is 2.70. The van der Waals surface area contributed by atoms with Gasteiger partial charge in [0, 0.05) is 31.9 Å². The largest absolute Gasteiger partial charge is 0.451 e. The number of rotatable bonds is 6. The number of nitrogens with zero attached hydrogens (tertiary/aromatic N) is 2. The van der Waals surface area contributed by atoms with Crippen molar-refractivity contribution in [2.24, 2.45) is 11.7 Å². The number of nitrogens with two attached hydrogens (primary N) is 1. The third kappa shape index (κ3) is 4.58. The quantitative estimate of drug-likeness (QED) is 0.634. The second kappa shape index (κ2) is 7.00. The summed E-state index contributed by atoms with van der Waals surface area (Å²) < 4.78 is 0. The van der Waals surface area contributed by atoms with Gasteiger partial charge < -0.3 is 15.8 Å². The fourth-order valence-electron chi connectivity index (χ4n) is 2.71. The van der Waals surface area contributed by atoms with Crippen molar-refractivity contribution in [2.45, 2.75) is 31.7 Å². The second-order valence-electron chi connectivity index (χ2n) is 5.35. The summed E-state index contributed by atoms with van der Waals surface area (Å²) in [6.07, 6.45) is 4.01. The summed E-state index contributed by atoms with van der Waals surface area (Å²) >= 11 is 0. The molecule has 1 fully saturated rings. The van der Waals surface area contributed by atoms with E-state index in [1.54, 1.807) is 0 Å². The van der Waals surface area contributed by atoms with Crippen LogP contribution in [0.15, 0.2) is 24.4 Å². The first-order chi connectivity index (χ1) is 9.15. The van der Waals surface area contributed by atoms with E-state index in [4.69, 9.17) is 15.8 Å². The molecule has 0 aromatic carbocycles. The highest BCUT2D eigenvalue weighted by Gasteiger charge is 2.29. The van der Waals surface area contributed by atoms with Crippen LogP contribution in [-0.4, -0.2) is 46.2 Å². The average Bonchev–Trinajstić information content (AvgIpc) is 2.70. The molecule has 0 spiro atoms. The lowest BCUT2D eigenvalue weighted by Gasteiger charge is -2.15. The molecule has 0 amide bonds. The van der Waals surface area contributed by atoms with Gasteiger partial charge in [-0.05, 0) is 30.8 Å². The average molecular weight is 263 g/mol. The predicted octanol–water partition coefficient (Wildman–Crippen LogP) is 0.0937. The third-order valence-corrected chi connectivity index (χ3v) is 3.72. The van der Waals surface area contributed by atoms with Crippen molar-refractivity contribution in [2.75, 3.05) is 13.1 Å².